The first-order valence-electron chi connectivity index (χ1n) is 8.45. The van der Waals surface area contributed by atoms with Crippen LogP contribution in [0.2, 0.25) is 0 Å². The van der Waals surface area contributed by atoms with E-state index in [-0.39, 0.29) is 13.2 Å². The van der Waals surface area contributed by atoms with E-state index in [2.05, 4.69) is 5.32 Å². The number of amides is 1. The number of rotatable bonds is 9. The van der Waals surface area contributed by atoms with Crippen LogP contribution in [0.1, 0.15) is 17.2 Å². The molecule has 2 aromatic rings. The first-order chi connectivity index (χ1) is 13.1. The van der Waals surface area contributed by atoms with E-state index >= 15 is 0 Å². The van der Waals surface area contributed by atoms with Gasteiger partial charge < -0.3 is 29.4 Å². The molecule has 0 saturated carbocycles. The highest BCUT2D eigenvalue weighted by Crippen LogP contribution is 2.35. The molecule has 0 fully saturated rings. The second kappa shape index (κ2) is 10.4. The normalized spacial score (nSPS) is 12.7. The molecule has 146 valence electrons. The summed E-state index contributed by atoms with van der Waals surface area (Å²) in [5.41, 5.74) is 1.29. The number of methoxy groups -OCH3 is 3. The molecule has 2 aromatic carbocycles. The highest BCUT2D eigenvalue weighted by molar-refractivity contribution is 5.68. The van der Waals surface area contributed by atoms with E-state index in [1.165, 1.54) is 21.3 Å². The second-order valence-electron chi connectivity index (χ2n) is 5.79. The highest BCUT2D eigenvalue weighted by atomic mass is 16.5. The van der Waals surface area contributed by atoms with E-state index < -0.39 is 18.2 Å². The third-order valence-electron chi connectivity index (χ3n) is 4.01. The van der Waals surface area contributed by atoms with Crippen LogP contribution in [0.4, 0.5) is 4.79 Å². The predicted octanol–water partition coefficient (Wildman–Crippen LogP) is 2.68. The Balaban J connectivity index is 2.11. The van der Waals surface area contributed by atoms with E-state index in [1.807, 2.05) is 30.3 Å². The third-order valence-corrected chi connectivity index (χ3v) is 4.01. The zero-order chi connectivity index (χ0) is 19.6. The maximum Gasteiger partial charge on any atom is 0.407 e. The summed E-state index contributed by atoms with van der Waals surface area (Å²) in [5.74, 6) is 0.893. The van der Waals surface area contributed by atoms with Gasteiger partial charge in [-0.05, 0) is 17.7 Å². The van der Waals surface area contributed by atoms with Gasteiger partial charge in [0.2, 0.25) is 0 Å². The van der Waals surface area contributed by atoms with Gasteiger partial charge in [0.05, 0.1) is 32.4 Å². The molecule has 2 N–H and O–H groups in total. The molecule has 1 amide bonds. The molecule has 0 aliphatic carbocycles. The van der Waals surface area contributed by atoms with Gasteiger partial charge >= 0.3 is 6.09 Å². The first-order valence-corrected chi connectivity index (χ1v) is 8.45. The van der Waals surface area contributed by atoms with Crippen molar-refractivity contribution < 1.29 is 28.8 Å². The van der Waals surface area contributed by atoms with Crippen molar-refractivity contribution >= 4 is 6.09 Å². The van der Waals surface area contributed by atoms with Crippen LogP contribution in [0.15, 0.2) is 48.5 Å². The molecule has 0 spiro atoms. The van der Waals surface area contributed by atoms with Crippen LogP contribution in [0.25, 0.3) is 0 Å². The topological polar surface area (TPSA) is 86.3 Å². The van der Waals surface area contributed by atoms with Crippen LogP contribution in [0.3, 0.4) is 0 Å². The largest absolute Gasteiger partial charge is 0.496 e. The van der Waals surface area contributed by atoms with Crippen molar-refractivity contribution in [3.05, 3.63) is 59.7 Å². The number of nitrogens with one attached hydrogen (secondary N) is 1. The Morgan fingerprint density at radius 1 is 1.00 bits per heavy atom. The standard InChI is InChI=1S/C20H25NO6/c1-24-13-15(21-20(23)27-12-14-8-5-4-6-9-14)19(22)18-16(25-2)10-7-11-17(18)26-3/h4-11,15,19,22H,12-13H2,1-3H3,(H,21,23)/t15-,19+/m1/s1. The maximum absolute atomic E-state index is 12.2. The van der Waals surface area contributed by atoms with Gasteiger partial charge in [-0.2, -0.15) is 0 Å². The fourth-order valence-corrected chi connectivity index (χ4v) is 2.68. The number of aliphatic hydroxyl groups is 1. The van der Waals surface area contributed by atoms with Gasteiger partial charge in [-0.3, -0.25) is 0 Å². The lowest BCUT2D eigenvalue weighted by Gasteiger charge is -2.26. The Labute approximate surface area is 158 Å². The van der Waals surface area contributed by atoms with Gasteiger partial charge in [0.15, 0.2) is 0 Å². The number of hydrogen-bond acceptors (Lipinski definition) is 6. The molecule has 7 nitrogen and oxygen atoms in total. The van der Waals surface area contributed by atoms with Crippen molar-refractivity contribution in [3.8, 4) is 11.5 Å². The average molecular weight is 375 g/mol. The fourth-order valence-electron chi connectivity index (χ4n) is 2.68. The average Bonchev–Trinajstić information content (AvgIpc) is 2.71. The molecule has 2 atom stereocenters. The van der Waals surface area contributed by atoms with E-state index in [4.69, 9.17) is 18.9 Å². The van der Waals surface area contributed by atoms with E-state index in [1.54, 1.807) is 18.2 Å². The predicted molar refractivity (Wildman–Crippen MR) is 99.9 cm³/mol. The number of carbonyl (C=O) groups excluding carboxylic acids is 1. The molecule has 0 saturated heterocycles. The molecule has 0 aliphatic rings. The van der Waals surface area contributed by atoms with Crippen LogP contribution < -0.4 is 14.8 Å². The molecular formula is C20H25NO6. The van der Waals surface area contributed by atoms with Gasteiger partial charge in [0.1, 0.15) is 24.2 Å². The minimum atomic E-state index is -1.12. The van der Waals surface area contributed by atoms with Crippen LogP contribution in [-0.4, -0.2) is 45.2 Å². The summed E-state index contributed by atoms with van der Waals surface area (Å²) in [5, 5.41) is 13.5. The third kappa shape index (κ3) is 5.60. The summed E-state index contributed by atoms with van der Waals surface area (Å²) in [4.78, 5) is 12.2. The quantitative estimate of drug-likeness (QED) is 0.701. The molecule has 0 radical (unpaired) electrons. The number of aliphatic hydroxyl groups excluding tert-OH is 1. The Hall–Kier alpha value is -2.77. The van der Waals surface area contributed by atoms with Gasteiger partial charge in [-0.25, -0.2) is 4.79 Å². The Morgan fingerprint density at radius 2 is 1.63 bits per heavy atom. The van der Waals surface area contributed by atoms with Gasteiger partial charge in [0.25, 0.3) is 0 Å². The summed E-state index contributed by atoms with van der Waals surface area (Å²) in [6, 6.07) is 13.7. The van der Waals surface area contributed by atoms with Crippen LogP contribution >= 0.6 is 0 Å². The molecule has 7 heteroatoms. The van der Waals surface area contributed by atoms with Crippen LogP contribution in [0, 0.1) is 0 Å². The van der Waals surface area contributed by atoms with E-state index in [0.717, 1.165) is 5.56 Å². The van der Waals surface area contributed by atoms with Crippen molar-refractivity contribution in [1.29, 1.82) is 0 Å². The van der Waals surface area contributed by atoms with Crippen LogP contribution in [0.5, 0.6) is 11.5 Å². The summed E-state index contributed by atoms with van der Waals surface area (Å²) >= 11 is 0. The number of ether oxygens (including phenoxy) is 4. The molecule has 0 unspecified atom stereocenters. The van der Waals surface area contributed by atoms with Gasteiger partial charge in [-0.1, -0.05) is 36.4 Å². The summed E-state index contributed by atoms with van der Waals surface area (Å²) in [6.07, 6.45) is -1.78. The highest BCUT2D eigenvalue weighted by Gasteiger charge is 2.29. The van der Waals surface area contributed by atoms with Crippen LogP contribution in [-0.2, 0) is 16.1 Å². The molecular weight excluding hydrogens is 350 g/mol. The molecule has 0 bridgehead atoms. The Morgan fingerprint density at radius 3 is 2.19 bits per heavy atom. The Kier molecular flexibility index (Phi) is 7.91. The van der Waals surface area contributed by atoms with Crippen molar-refractivity contribution in [1.82, 2.24) is 5.32 Å². The molecule has 0 aliphatic heterocycles. The van der Waals surface area contributed by atoms with Crippen molar-refractivity contribution in [2.24, 2.45) is 0 Å². The lowest BCUT2D eigenvalue weighted by Crippen LogP contribution is -2.42. The number of carbonyl (C=O) groups is 1. The maximum atomic E-state index is 12.2. The zero-order valence-corrected chi connectivity index (χ0v) is 15.7. The lowest BCUT2D eigenvalue weighted by atomic mass is 10.0. The molecule has 27 heavy (non-hydrogen) atoms. The monoisotopic (exact) mass is 375 g/mol. The summed E-state index contributed by atoms with van der Waals surface area (Å²) in [7, 11) is 4.48. The number of benzene rings is 2. The molecule has 0 aromatic heterocycles. The van der Waals surface area contributed by atoms with Crippen molar-refractivity contribution in [2.75, 3.05) is 27.9 Å². The zero-order valence-electron chi connectivity index (χ0n) is 15.7. The van der Waals surface area contributed by atoms with Gasteiger partial charge in [0, 0.05) is 7.11 Å². The SMILES string of the molecule is COC[C@@H](NC(=O)OCc1ccccc1)[C@H](O)c1c(OC)cccc1OC. The molecule has 0 heterocycles. The number of hydrogen-bond donors (Lipinski definition) is 2. The lowest BCUT2D eigenvalue weighted by molar-refractivity contribution is 0.0586. The minimum Gasteiger partial charge on any atom is -0.496 e. The molecule has 2 rings (SSSR count). The van der Waals surface area contributed by atoms with Gasteiger partial charge in [-0.15, -0.1) is 0 Å². The van der Waals surface area contributed by atoms with Crippen molar-refractivity contribution in [3.63, 3.8) is 0 Å². The number of alkyl carbamates (subject to hydrolysis) is 1. The van der Waals surface area contributed by atoms with E-state index in [0.29, 0.717) is 17.1 Å². The van der Waals surface area contributed by atoms with Crippen molar-refractivity contribution in [2.45, 2.75) is 18.8 Å². The summed E-state index contributed by atoms with van der Waals surface area (Å²) in [6.45, 7) is 0.198. The fraction of sp³-hybridized carbons (Fsp3) is 0.350. The van der Waals surface area contributed by atoms with E-state index in [9.17, 15) is 9.90 Å². The summed E-state index contributed by atoms with van der Waals surface area (Å²) < 4.78 is 21.0. The smallest absolute Gasteiger partial charge is 0.407 e. The Bertz CT molecular complexity index is 699. The first kappa shape index (κ1) is 20.5. The minimum absolute atomic E-state index is 0.0722. The second-order valence-corrected chi connectivity index (χ2v) is 5.79.